The molecule has 0 unspecified atom stereocenters. The number of nitrogens with zero attached hydrogens (tertiary/aromatic N) is 1. The highest BCUT2D eigenvalue weighted by atomic mass is 32.2. The lowest BCUT2D eigenvalue weighted by atomic mass is 10.4. The van der Waals surface area contributed by atoms with Crippen molar-refractivity contribution < 1.29 is 17.9 Å². The van der Waals surface area contributed by atoms with Crippen molar-refractivity contribution in [3.05, 3.63) is 24.0 Å². The lowest BCUT2D eigenvalue weighted by Gasteiger charge is -2.05. The number of pyridine rings is 1. The lowest BCUT2D eigenvalue weighted by molar-refractivity contribution is 0.111. The van der Waals surface area contributed by atoms with E-state index in [1.165, 1.54) is 6.20 Å². The maximum atomic E-state index is 11.2. The summed E-state index contributed by atoms with van der Waals surface area (Å²) in [5.74, 6) is 0.816. The fourth-order valence-electron chi connectivity index (χ4n) is 1.16. The van der Waals surface area contributed by atoms with Gasteiger partial charge in [0.2, 0.25) is 0 Å². The zero-order valence-electron chi connectivity index (χ0n) is 9.63. The largest absolute Gasteiger partial charge is 0.492 e. The van der Waals surface area contributed by atoms with E-state index in [0.29, 0.717) is 30.8 Å². The van der Waals surface area contributed by atoms with Crippen LogP contribution in [-0.4, -0.2) is 37.8 Å². The summed E-state index contributed by atoms with van der Waals surface area (Å²) in [5.41, 5.74) is 0.339. The predicted molar refractivity (Wildman–Crippen MR) is 64.1 cm³/mol. The minimum absolute atomic E-state index is 0.128. The maximum Gasteiger partial charge on any atom is 0.168 e. The smallest absolute Gasteiger partial charge is 0.168 e. The third kappa shape index (κ3) is 4.95. The van der Waals surface area contributed by atoms with Gasteiger partial charge < -0.3 is 4.74 Å². The molecule has 0 amide bonds. The van der Waals surface area contributed by atoms with E-state index in [2.05, 4.69) is 4.98 Å². The highest BCUT2D eigenvalue weighted by Crippen LogP contribution is 2.08. The van der Waals surface area contributed by atoms with Crippen molar-refractivity contribution in [3.63, 3.8) is 0 Å². The Bertz CT molecular complexity index is 453. The second-order valence-electron chi connectivity index (χ2n) is 3.48. The number of rotatable bonds is 7. The Balaban J connectivity index is 2.33. The summed E-state index contributed by atoms with van der Waals surface area (Å²) in [7, 11) is -2.93. The molecule has 1 heterocycles. The van der Waals surface area contributed by atoms with Gasteiger partial charge in [0.05, 0.1) is 18.6 Å². The number of carbonyl (C=O) groups excluding carboxylic acids is 1. The van der Waals surface area contributed by atoms with Crippen LogP contribution in [0.1, 0.15) is 23.8 Å². The Morgan fingerprint density at radius 3 is 2.71 bits per heavy atom. The van der Waals surface area contributed by atoms with Gasteiger partial charge in [-0.15, -0.1) is 0 Å². The molecule has 0 aromatic carbocycles. The first kappa shape index (κ1) is 13.6. The van der Waals surface area contributed by atoms with E-state index < -0.39 is 9.84 Å². The Kier molecular flexibility index (Phi) is 5.09. The van der Waals surface area contributed by atoms with Crippen molar-refractivity contribution in [2.24, 2.45) is 0 Å². The van der Waals surface area contributed by atoms with Gasteiger partial charge in [-0.1, -0.05) is 6.92 Å². The van der Waals surface area contributed by atoms with Crippen LogP contribution >= 0.6 is 0 Å². The predicted octanol–water partition coefficient (Wildman–Crippen LogP) is 1.10. The third-order valence-electron chi connectivity index (χ3n) is 2.19. The summed E-state index contributed by atoms with van der Waals surface area (Å²) < 4.78 is 27.7. The van der Waals surface area contributed by atoms with Gasteiger partial charge in [0.1, 0.15) is 21.3 Å². The first-order valence-electron chi connectivity index (χ1n) is 5.32. The third-order valence-corrected chi connectivity index (χ3v) is 3.98. The van der Waals surface area contributed by atoms with E-state index in [1.54, 1.807) is 19.1 Å². The van der Waals surface area contributed by atoms with Crippen LogP contribution in [0.2, 0.25) is 0 Å². The van der Waals surface area contributed by atoms with Gasteiger partial charge in [0.25, 0.3) is 0 Å². The number of ether oxygens (including phenoxy) is 1. The molecule has 0 fully saturated rings. The summed E-state index contributed by atoms with van der Waals surface area (Å²) in [6.07, 6.45) is 2.54. The fraction of sp³-hybridized carbons (Fsp3) is 0.455. The van der Waals surface area contributed by atoms with Crippen LogP contribution in [-0.2, 0) is 9.84 Å². The standard InChI is InChI=1S/C11H15NO4S/c1-2-17(14,15)7-3-6-16-11-5-4-10(9-13)12-8-11/h4-5,8-9H,2-3,6-7H2,1H3. The van der Waals surface area contributed by atoms with Gasteiger partial charge in [-0.2, -0.15) is 0 Å². The first-order chi connectivity index (χ1) is 8.07. The molecule has 0 atom stereocenters. The van der Waals surface area contributed by atoms with Crippen LogP contribution in [0, 0.1) is 0 Å². The topological polar surface area (TPSA) is 73.3 Å². The summed E-state index contributed by atoms with van der Waals surface area (Å²) in [6, 6.07) is 3.18. The molecule has 0 saturated carbocycles. The van der Waals surface area contributed by atoms with Crippen LogP contribution in [0.3, 0.4) is 0 Å². The van der Waals surface area contributed by atoms with E-state index in [0.717, 1.165) is 0 Å². The first-order valence-corrected chi connectivity index (χ1v) is 7.14. The number of aldehydes is 1. The Hall–Kier alpha value is -1.43. The fourth-order valence-corrected chi connectivity index (χ4v) is 2.01. The van der Waals surface area contributed by atoms with Gasteiger partial charge in [-0.3, -0.25) is 4.79 Å². The van der Waals surface area contributed by atoms with E-state index in [4.69, 9.17) is 4.74 Å². The molecule has 0 aliphatic rings. The summed E-state index contributed by atoms with van der Waals surface area (Å²) in [6.45, 7) is 1.94. The van der Waals surface area contributed by atoms with Gasteiger partial charge in [-0.05, 0) is 18.6 Å². The molecule has 0 radical (unpaired) electrons. The molecule has 17 heavy (non-hydrogen) atoms. The van der Waals surface area contributed by atoms with Gasteiger partial charge in [-0.25, -0.2) is 13.4 Å². The molecule has 0 aliphatic heterocycles. The number of hydrogen-bond donors (Lipinski definition) is 0. The molecule has 0 bridgehead atoms. The quantitative estimate of drug-likeness (QED) is 0.540. The summed E-state index contributed by atoms with van der Waals surface area (Å²) in [4.78, 5) is 14.2. The van der Waals surface area contributed by atoms with Crippen molar-refractivity contribution >= 4 is 16.1 Å². The van der Waals surface area contributed by atoms with Crippen LogP contribution in [0.4, 0.5) is 0 Å². The summed E-state index contributed by atoms with van der Waals surface area (Å²) >= 11 is 0. The number of aromatic nitrogens is 1. The maximum absolute atomic E-state index is 11.2. The molecule has 5 nitrogen and oxygen atoms in total. The molecule has 0 aliphatic carbocycles. The van der Waals surface area contributed by atoms with Gasteiger partial charge in [0.15, 0.2) is 6.29 Å². The molecule has 0 saturated heterocycles. The minimum atomic E-state index is -2.93. The van der Waals surface area contributed by atoms with E-state index in [1.807, 2.05) is 0 Å². The Morgan fingerprint density at radius 2 is 2.18 bits per heavy atom. The van der Waals surface area contributed by atoms with Crippen molar-refractivity contribution in [3.8, 4) is 5.75 Å². The average Bonchev–Trinajstić information content (AvgIpc) is 2.35. The zero-order valence-corrected chi connectivity index (χ0v) is 10.4. The highest BCUT2D eigenvalue weighted by Gasteiger charge is 2.06. The van der Waals surface area contributed by atoms with Crippen LogP contribution < -0.4 is 4.74 Å². The highest BCUT2D eigenvalue weighted by molar-refractivity contribution is 7.91. The van der Waals surface area contributed by atoms with Crippen molar-refractivity contribution in [1.82, 2.24) is 4.98 Å². The van der Waals surface area contributed by atoms with E-state index in [9.17, 15) is 13.2 Å². The molecule has 0 spiro atoms. The Labute approximate surface area is 101 Å². The molecule has 0 N–H and O–H groups in total. The molecule has 1 rings (SSSR count). The van der Waals surface area contributed by atoms with Crippen molar-refractivity contribution in [2.45, 2.75) is 13.3 Å². The monoisotopic (exact) mass is 257 g/mol. The molecule has 1 aromatic heterocycles. The average molecular weight is 257 g/mol. The number of hydrogen-bond acceptors (Lipinski definition) is 5. The van der Waals surface area contributed by atoms with Crippen molar-refractivity contribution in [2.75, 3.05) is 18.1 Å². The van der Waals surface area contributed by atoms with E-state index >= 15 is 0 Å². The molecule has 6 heteroatoms. The zero-order chi connectivity index (χ0) is 12.7. The molecular formula is C11H15NO4S. The van der Waals surface area contributed by atoms with Crippen LogP contribution in [0.5, 0.6) is 5.75 Å². The van der Waals surface area contributed by atoms with Crippen LogP contribution in [0.25, 0.3) is 0 Å². The van der Waals surface area contributed by atoms with Gasteiger partial charge >= 0.3 is 0 Å². The minimum Gasteiger partial charge on any atom is -0.492 e. The molecular weight excluding hydrogens is 242 g/mol. The second-order valence-corrected chi connectivity index (χ2v) is 5.95. The van der Waals surface area contributed by atoms with Crippen molar-refractivity contribution in [1.29, 1.82) is 0 Å². The second kappa shape index (κ2) is 6.34. The normalized spacial score (nSPS) is 11.1. The molecule has 94 valence electrons. The number of carbonyl (C=O) groups is 1. The summed E-state index contributed by atoms with van der Waals surface area (Å²) in [5, 5.41) is 0. The van der Waals surface area contributed by atoms with E-state index in [-0.39, 0.29) is 11.5 Å². The number of sulfone groups is 1. The Morgan fingerprint density at radius 1 is 1.41 bits per heavy atom. The van der Waals surface area contributed by atoms with Gasteiger partial charge in [0, 0.05) is 5.75 Å². The van der Waals surface area contributed by atoms with Crippen LogP contribution in [0.15, 0.2) is 18.3 Å². The SMILES string of the molecule is CCS(=O)(=O)CCCOc1ccc(C=O)nc1. The molecule has 1 aromatic rings. The lowest BCUT2D eigenvalue weighted by Crippen LogP contribution is -2.11.